The number of rotatable bonds is 6. The van der Waals surface area contributed by atoms with Crippen LogP contribution in [0.1, 0.15) is 18.4 Å². The van der Waals surface area contributed by atoms with E-state index in [4.69, 9.17) is 0 Å². The van der Waals surface area contributed by atoms with Crippen LogP contribution in [0.25, 0.3) is 0 Å². The first kappa shape index (κ1) is 18.2. The second-order valence-electron chi connectivity index (χ2n) is 6.60. The number of aliphatic carboxylic acids is 1. The molecule has 6 nitrogen and oxygen atoms in total. The average Bonchev–Trinajstić information content (AvgIpc) is 3.04. The van der Waals surface area contributed by atoms with E-state index in [0.717, 1.165) is 31.7 Å². The molecule has 0 saturated carbocycles. The summed E-state index contributed by atoms with van der Waals surface area (Å²) in [4.78, 5) is 27.7. The molecule has 25 heavy (non-hydrogen) atoms. The zero-order chi connectivity index (χ0) is 17.6. The monoisotopic (exact) mass is 363 g/mol. The van der Waals surface area contributed by atoms with E-state index < -0.39 is 12.0 Å². The second-order valence-corrected chi connectivity index (χ2v) is 7.83. The Labute approximate surface area is 152 Å². The summed E-state index contributed by atoms with van der Waals surface area (Å²) in [6.07, 6.45) is 1.44. The number of nitrogens with one attached hydrogen (secondary N) is 1. The zero-order valence-electron chi connectivity index (χ0n) is 14.3. The van der Waals surface area contributed by atoms with Crippen LogP contribution in [0.15, 0.2) is 24.3 Å². The van der Waals surface area contributed by atoms with Crippen molar-refractivity contribution in [2.75, 3.05) is 43.0 Å². The van der Waals surface area contributed by atoms with Crippen LogP contribution in [0, 0.1) is 0 Å². The van der Waals surface area contributed by atoms with Crippen molar-refractivity contribution in [2.24, 2.45) is 0 Å². The maximum Gasteiger partial charge on any atom is 0.320 e. The van der Waals surface area contributed by atoms with Crippen molar-refractivity contribution in [1.82, 2.24) is 9.80 Å². The van der Waals surface area contributed by atoms with Gasteiger partial charge in [-0.15, -0.1) is 0 Å². The van der Waals surface area contributed by atoms with Gasteiger partial charge in [-0.1, -0.05) is 12.1 Å². The van der Waals surface area contributed by atoms with Crippen molar-refractivity contribution in [3.8, 4) is 0 Å². The van der Waals surface area contributed by atoms with Crippen LogP contribution in [0.4, 0.5) is 5.69 Å². The van der Waals surface area contributed by atoms with Crippen molar-refractivity contribution in [3.05, 3.63) is 29.8 Å². The molecule has 7 heteroatoms. The number of amides is 1. The Morgan fingerprint density at radius 1 is 1.24 bits per heavy atom. The second kappa shape index (κ2) is 8.69. The van der Waals surface area contributed by atoms with Crippen molar-refractivity contribution in [3.63, 3.8) is 0 Å². The lowest BCUT2D eigenvalue weighted by Crippen LogP contribution is -2.40. The van der Waals surface area contributed by atoms with E-state index in [2.05, 4.69) is 16.3 Å². The molecule has 1 aromatic carbocycles. The topological polar surface area (TPSA) is 72.9 Å². The molecule has 1 amide bonds. The molecule has 0 unspecified atom stereocenters. The third-order valence-electron chi connectivity index (χ3n) is 4.72. The van der Waals surface area contributed by atoms with Crippen LogP contribution in [0.2, 0.25) is 0 Å². The SMILES string of the molecule is O=C(CN1CCC[C@@H]1C(=O)O)Nc1cccc(CN2CCSCC2)c1. The molecule has 0 spiro atoms. The Bertz CT molecular complexity index is 619. The number of carboxylic acids is 1. The number of benzene rings is 1. The molecule has 2 heterocycles. The Kier molecular flexibility index (Phi) is 6.34. The van der Waals surface area contributed by atoms with Gasteiger partial charge in [-0.05, 0) is 37.1 Å². The van der Waals surface area contributed by atoms with Gasteiger partial charge in [0.2, 0.25) is 5.91 Å². The van der Waals surface area contributed by atoms with Gasteiger partial charge in [0.1, 0.15) is 6.04 Å². The molecule has 2 N–H and O–H groups in total. The Morgan fingerprint density at radius 3 is 2.80 bits per heavy atom. The number of nitrogens with zero attached hydrogens (tertiary/aromatic N) is 2. The van der Waals surface area contributed by atoms with Crippen LogP contribution in [0.5, 0.6) is 0 Å². The molecule has 1 aromatic rings. The third-order valence-corrected chi connectivity index (χ3v) is 5.66. The molecule has 136 valence electrons. The number of carboxylic acid groups (broad SMARTS) is 1. The molecule has 2 saturated heterocycles. The summed E-state index contributed by atoms with van der Waals surface area (Å²) in [5, 5.41) is 12.1. The standard InChI is InChI=1S/C18H25N3O3S/c22-17(13-21-6-2-5-16(21)18(23)24)19-15-4-1-3-14(11-15)12-20-7-9-25-10-8-20/h1,3-4,11,16H,2,5-10,12-13H2,(H,19,22)(H,23,24)/t16-/m1/s1. The van der Waals surface area contributed by atoms with Gasteiger partial charge < -0.3 is 10.4 Å². The van der Waals surface area contributed by atoms with Crippen molar-refractivity contribution < 1.29 is 14.7 Å². The fourth-order valence-corrected chi connectivity index (χ4v) is 4.42. The maximum atomic E-state index is 12.3. The number of thioether (sulfide) groups is 1. The van der Waals surface area contributed by atoms with E-state index >= 15 is 0 Å². The van der Waals surface area contributed by atoms with E-state index in [1.54, 1.807) is 4.90 Å². The Morgan fingerprint density at radius 2 is 2.04 bits per heavy atom. The zero-order valence-corrected chi connectivity index (χ0v) is 15.1. The largest absolute Gasteiger partial charge is 0.480 e. The van der Waals surface area contributed by atoms with Gasteiger partial charge in [-0.3, -0.25) is 19.4 Å². The highest BCUT2D eigenvalue weighted by molar-refractivity contribution is 7.99. The molecular formula is C18H25N3O3S. The number of carbonyl (C=O) groups excluding carboxylic acids is 1. The first-order valence-electron chi connectivity index (χ1n) is 8.77. The van der Waals surface area contributed by atoms with E-state index in [-0.39, 0.29) is 12.5 Å². The van der Waals surface area contributed by atoms with Crippen LogP contribution in [0.3, 0.4) is 0 Å². The minimum Gasteiger partial charge on any atom is -0.480 e. The molecule has 1 atom stereocenters. The van der Waals surface area contributed by atoms with E-state index in [1.165, 1.54) is 17.1 Å². The van der Waals surface area contributed by atoms with Crippen molar-refractivity contribution in [2.45, 2.75) is 25.4 Å². The highest BCUT2D eigenvalue weighted by atomic mass is 32.2. The lowest BCUT2D eigenvalue weighted by molar-refractivity contribution is -0.142. The van der Waals surface area contributed by atoms with Crippen LogP contribution in [-0.2, 0) is 16.1 Å². The molecule has 0 radical (unpaired) electrons. The van der Waals surface area contributed by atoms with E-state index in [9.17, 15) is 14.7 Å². The number of likely N-dealkylation sites (tertiary alicyclic amines) is 1. The van der Waals surface area contributed by atoms with Crippen LogP contribution < -0.4 is 5.32 Å². The predicted molar refractivity (Wildman–Crippen MR) is 99.9 cm³/mol. The summed E-state index contributed by atoms with van der Waals surface area (Å²) in [7, 11) is 0. The summed E-state index contributed by atoms with van der Waals surface area (Å²) in [5.41, 5.74) is 1.97. The number of carbonyl (C=O) groups is 2. The Balaban J connectivity index is 1.54. The number of hydrogen-bond donors (Lipinski definition) is 2. The predicted octanol–water partition coefficient (Wildman–Crippen LogP) is 1.72. The summed E-state index contributed by atoms with van der Waals surface area (Å²) >= 11 is 1.99. The molecule has 2 aliphatic rings. The fraction of sp³-hybridized carbons (Fsp3) is 0.556. The van der Waals surface area contributed by atoms with Gasteiger partial charge in [0.25, 0.3) is 0 Å². The Hall–Kier alpha value is -1.57. The maximum absolute atomic E-state index is 12.3. The lowest BCUT2D eigenvalue weighted by atomic mass is 10.2. The number of anilines is 1. The third kappa shape index (κ3) is 5.20. The van der Waals surface area contributed by atoms with Gasteiger partial charge in [0.15, 0.2) is 0 Å². The highest BCUT2D eigenvalue weighted by Gasteiger charge is 2.31. The summed E-state index contributed by atoms with van der Waals surface area (Å²) in [6, 6.07) is 7.40. The minimum absolute atomic E-state index is 0.130. The molecule has 2 aliphatic heterocycles. The highest BCUT2D eigenvalue weighted by Crippen LogP contribution is 2.18. The minimum atomic E-state index is -0.841. The summed E-state index contributed by atoms with van der Waals surface area (Å²) in [6.45, 7) is 3.90. The fourth-order valence-electron chi connectivity index (χ4n) is 3.44. The summed E-state index contributed by atoms with van der Waals surface area (Å²) in [5.74, 6) is 1.36. The number of hydrogen-bond acceptors (Lipinski definition) is 5. The van der Waals surface area contributed by atoms with Gasteiger partial charge >= 0.3 is 5.97 Å². The van der Waals surface area contributed by atoms with E-state index in [0.29, 0.717) is 13.0 Å². The van der Waals surface area contributed by atoms with Crippen molar-refractivity contribution in [1.29, 1.82) is 0 Å². The van der Waals surface area contributed by atoms with E-state index in [1.807, 2.05) is 30.0 Å². The average molecular weight is 363 g/mol. The van der Waals surface area contributed by atoms with Crippen LogP contribution >= 0.6 is 11.8 Å². The normalized spacial score (nSPS) is 22.0. The molecule has 0 aromatic heterocycles. The van der Waals surface area contributed by atoms with Gasteiger partial charge in [0.05, 0.1) is 6.54 Å². The molecule has 0 aliphatic carbocycles. The molecule has 2 fully saturated rings. The smallest absolute Gasteiger partial charge is 0.320 e. The first-order chi connectivity index (χ1) is 12.1. The van der Waals surface area contributed by atoms with Gasteiger partial charge in [-0.25, -0.2) is 0 Å². The molecular weight excluding hydrogens is 338 g/mol. The quantitative estimate of drug-likeness (QED) is 0.802. The summed E-state index contributed by atoms with van der Waals surface area (Å²) < 4.78 is 0. The lowest BCUT2D eigenvalue weighted by Gasteiger charge is -2.26. The van der Waals surface area contributed by atoms with Crippen molar-refractivity contribution >= 4 is 29.3 Å². The molecule has 3 rings (SSSR count). The first-order valence-corrected chi connectivity index (χ1v) is 9.93. The van der Waals surface area contributed by atoms with Gasteiger partial charge in [0, 0.05) is 36.8 Å². The van der Waals surface area contributed by atoms with Crippen LogP contribution in [-0.4, -0.2) is 70.5 Å². The van der Waals surface area contributed by atoms with Gasteiger partial charge in [-0.2, -0.15) is 11.8 Å². The molecule has 0 bridgehead atoms.